The van der Waals surface area contributed by atoms with E-state index < -0.39 is 0 Å². The van der Waals surface area contributed by atoms with Crippen LogP contribution < -0.4 is 5.32 Å². The fraction of sp³-hybridized carbons (Fsp3) is 0.583. The van der Waals surface area contributed by atoms with Crippen molar-refractivity contribution in [1.82, 2.24) is 15.2 Å². The Morgan fingerprint density at radius 1 is 1.41 bits per heavy atom. The number of halogens is 2. The summed E-state index contributed by atoms with van der Waals surface area (Å²) in [7, 11) is 2.05. The molecule has 3 nitrogen and oxygen atoms in total. The number of piperidine rings is 1. The topological polar surface area (TPSA) is 28.2 Å². The molecule has 1 saturated heterocycles. The Labute approximate surface area is 114 Å². The van der Waals surface area contributed by atoms with E-state index in [2.05, 4.69) is 21.3 Å². The van der Waals surface area contributed by atoms with E-state index in [1.54, 1.807) is 0 Å². The highest BCUT2D eigenvalue weighted by atomic mass is 35.5. The van der Waals surface area contributed by atoms with Crippen molar-refractivity contribution in [2.75, 3.05) is 20.1 Å². The minimum atomic E-state index is 0. The van der Waals surface area contributed by atoms with Crippen LogP contribution in [0.2, 0.25) is 5.15 Å². The van der Waals surface area contributed by atoms with Crippen molar-refractivity contribution in [3.8, 4) is 0 Å². The predicted octanol–water partition coefficient (Wildman–Crippen LogP) is 2.34. The average Bonchev–Trinajstić information content (AvgIpc) is 2.33. The van der Waals surface area contributed by atoms with Crippen molar-refractivity contribution in [3.05, 3.63) is 29.0 Å². The summed E-state index contributed by atoms with van der Waals surface area (Å²) < 4.78 is 0. The van der Waals surface area contributed by atoms with Gasteiger partial charge in [0.25, 0.3) is 0 Å². The number of pyridine rings is 1. The Kier molecular flexibility index (Phi) is 6.20. The molecule has 1 fully saturated rings. The van der Waals surface area contributed by atoms with Gasteiger partial charge in [0, 0.05) is 18.8 Å². The molecule has 5 heteroatoms. The number of hydrogen-bond donors (Lipinski definition) is 1. The zero-order valence-electron chi connectivity index (χ0n) is 10.0. The van der Waals surface area contributed by atoms with Gasteiger partial charge in [-0.1, -0.05) is 17.7 Å². The summed E-state index contributed by atoms with van der Waals surface area (Å²) >= 11 is 5.76. The first-order valence-corrected chi connectivity index (χ1v) is 6.16. The first kappa shape index (κ1) is 14.7. The van der Waals surface area contributed by atoms with Crippen LogP contribution in [0.25, 0.3) is 0 Å². The molecule has 0 saturated carbocycles. The molecule has 0 radical (unpaired) electrons. The Bertz CT molecular complexity index is 321. The molecule has 0 aliphatic carbocycles. The molecule has 1 aliphatic rings. The van der Waals surface area contributed by atoms with E-state index in [-0.39, 0.29) is 12.4 Å². The molecule has 1 aromatic heterocycles. The summed E-state index contributed by atoms with van der Waals surface area (Å²) in [5, 5.41) is 3.91. The van der Waals surface area contributed by atoms with Gasteiger partial charge in [0.05, 0.1) is 0 Å². The second-order valence-corrected chi connectivity index (χ2v) is 4.72. The molecular weight excluding hydrogens is 257 g/mol. The Balaban J connectivity index is 0.00000144. The zero-order valence-corrected chi connectivity index (χ0v) is 11.6. The van der Waals surface area contributed by atoms with Crippen LogP contribution in [0.5, 0.6) is 0 Å². The molecule has 2 rings (SSSR count). The van der Waals surface area contributed by atoms with Gasteiger partial charge in [-0.25, -0.2) is 4.98 Å². The SMILES string of the molecule is CNC1CCN(Cc2ccc(Cl)nc2)CC1.Cl. The normalized spacial score (nSPS) is 17.8. The van der Waals surface area contributed by atoms with Crippen LogP contribution >= 0.6 is 24.0 Å². The van der Waals surface area contributed by atoms with Crippen molar-refractivity contribution in [1.29, 1.82) is 0 Å². The molecule has 0 aromatic carbocycles. The number of likely N-dealkylation sites (tertiary alicyclic amines) is 1. The van der Waals surface area contributed by atoms with E-state index in [0.29, 0.717) is 11.2 Å². The molecule has 0 spiro atoms. The lowest BCUT2D eigenvalue weighted by molar-refractivity contribution is 0.194. The van der Waals surface area contributed by atoms with Crippen molar-refractivity contribution >= 4 is 24.0 Å². The van der Waals surface area contributed by atoms with Crippen molar-refractivity contribution in [2.24, 2.45) is 0 Å². The molecule has 2 heterocycles. The number of aromatic nitrogens is 1. The Hall–Kier alpha value is -0.350. The predicted molar refractivity (Wildman–Crippen MR) is 73.9 cm³/mol. The lowest BCUT2D eigenvalue weighted by atomic mass is 10.0. The van der Waals surface area contributed by atoms with Crippen molar-refractivity contribution < 1.29 is 0 Å². The molecule has 1 aromatic rings. The number of nitrogens with zero attached hydrogens (tertiary/aromatic N) is 2. The van der Waals surface area contributed by atoms with Crippen LogP contribution in [0.4, 0.5) is 0 Å². The van der Waals surface area contributed by atoms with Crippen LogP contribution in [0.1, 0.15) is 18.4 Å². The van der Waals surface area contributed by atoms with Gasteiger partial charge < -0.3 is 5.32 Å². The fourth-order valence-corrected chi connectivity index (χ4v) is 2.25. The maximum Gasteiger partial charge on any atom is 0.129 e. The summed E-state index contributed by atoms with van der Waals surface area (Å²) in [6.45, 7) is 3.31. The third-order valence-electron chi connectivity index (χ3n) is 3.19. The van der Waals surface area contributed by atoms with Gasteiger partial charge in [-0.15, -0.1) is 12.4 Å². The third kappa shape index (κ3) is 4.43. The van der Waals surface area contributed by atoms with Gasteiger partial charge >= 0.3 is 0 Å². The Morgan fingerprint density at radius 2 is 2.12 bits per heavy atom. The monoisotopic (exact) mass is 275 g/mol. The quantitative estimate of drug-likeness (QED) is 0.859. The van der Waals surface area contributed by atoms with E-state index >= 15 is 0 Å². The van der Waals surface area contributed by atoms with Gasteiger partial charge in [0.1, 0.15) is 5.15 Å². The van der Waals surface area contributed by atoms with Crippen LogP contribution in [-0.2, 0) is 6.54 Å². The maximum absolute atomic E-state index is 5.76. The van der Waals surface area contributed by atoms with Gasteiger partial charge in [-0.3, -0.25) is 4.90 Å². The summed E-state index contributed by atoms with van der Waals surface area (Å²) in [6.07, 6.45) is 4.33. The van der Waals surface area contributed by atoms with Crippen LogP contribution in [0.3, 0.4) is 0 Å². The first-order chi connectivity index (χ1) is 7.78. The zero-order chi connectivity index (χ0) is 11.4. The minimum Gasteiger partial charge on any atom is -0.317 e. The highest BCUT2D eigenvalue weighted by Crippen LogP contribution is 2.14. The first-order valence-electron chi connectivity index (χ1n) is 5.78. The third-order valence-corrected chi connectivity index (χ3v) is 3.41. The van der Waals surface area contributed by atoms with Crippen LogP contribution in [0, 0.1) is 0 Å². The largest absolute Gasteiger partial charge is 0.317 e. The summed E-state index contributed by atoms with van der Waals surface area (Å²) in [6, 6.07) is 4.61. The smallest absolute Gasteiger partial charge is 0.129 e. The molecule has 0 atom stereocenters. The molecular formula is C12H19Cl2N3. The molecule has 0 bridgehead atoms. The molecule has 0 amide bonds. The summed E-state index contributed by atoms with van der Waals surface area (Å²) in [4.78, 5) is 6.57. The van der Waals surface area contributed by atoms with Crippen LogP contribution in [-0.4, -0.2) is 36.1 Å². The molecule has 1 N–H and O–H groups in total. The maximum atomic E-state index is 5.76. The van der Waals surface area contributed by atoms with Gasteiger partial charge in [-0.2, -0.15) is 0 Å². The number of nitrogens with one attached hydrogen (secondary N) is 1. The van der Waals surface area contributed by atoms with Crippen LogP contribution in [0.15, 0.2) is 18.3 Å². The van der Waals surface area contributed by atoms with E-state index in [0.717, 1.165) is 19.6 Å². The van der Waals surface area contributed by atoms with E-state index in [1.807, 2.05) is 19.3 Å². The molecule has 17 heavy (non-hydrogen) atoms. The molecule has 0 unspecified atom stereocenters. The lowest BCUT2D eigenvalue weighted by Gasteiger charge is -2.31. The fourth-order valence-electron chi connectivity index (χ4n) is 2.14. The second kappa shape index (κ2) is 7.17. The number of hydrogen-bond acceptors (Lipinski definition) is 3. The lowest BCUT2D eigenvalue weighted by Crippen LogP contribution is -2.40. The second-order valence-electron chi connectivity index (χ2n) is 4.33. The highest BCUT2D eigenvalue weighted by Gasteiger charge is 2.17. The van der Waals surface area contributed by atoms with Crippen molar-refractivity contribution in [3.63, 3.8) is 0 Å². The van der Waals surface area contributed by atoms with E-state index in [9.17, 15) is 0 Å². The number of rotatable bonds is 3. The summed E-state index contributed by atoms with van der Waals surface area (Å²) in [5.41, 5.74) is 1.24. The Morgan fingerprint density at radius 3 is 2.65 bits per heavy atom. The van der Waals surface area contributed by atoms with E-state index in [1.165, 1.54) is 18.4 Å². The minimum absolute atomic E-state index is 0. The molecule has 1 aliphatic heterocycles. The standard InChI is InChI=1S/C12H18ClN3.ClH/c1-14-11-4-6-16(7-5-11)9-10-2-3-12(13)15-8-10;/h2-3,8,11,14H,4-7,9H2,1H3;1H. The summed E-state index contributed by atoms with van der Waals surface area (Å²) in [5.74, 6) is 0. The van der Waals surface area contributed by atoms with Crippen molar-refractivity contribution in [2.45, 2.75) is 25.4 Å². The van der Waals surface area contributed by atoms with Gasteiger partial charge in [-0.05, 0) is 44.6 Å². The highest BCUT2D eigenvalue weighted by molar-refractivity contribution is 6.29. The van der Waals surface area contributed by atoms with E-state index in [4.69, 9.17) is 11.6 Å². The molecule has 96 valence electrons. The van der Waals surface area contributed by atoms with Gasteiger partial charge in [0.2, 0.25) is 0 Å². The average molecular weight is 276 g/mol. The van der Waals surface area contributed by atoms with Gasteiger partial charge in [0.15, 0.2) is 0 Å².